The van der Waals surface area contributed by atoms with Gasteiger partial charge >= 0.3 is 5.97 Å². The van der Waals surface area contributed by atoms with Crippen molar-refractivity contribution in [2.24, 2.45) is 0 Å². The lowest BCUT2D eigenvalue weighted by Gasteiger charge is -2.19. The predicted octanol–water partition coefficient (Wildman–Crippen LogP) is 2.37. The van der Waals surface area contributed by atoms with E-state index in [4.69, 9.17) is 21.2 Å². The summed E-state index contributed by atoms with van der Waals surface area (Å²) >= 11 is 5.78. The molecule has 0 bridgehead atoms. The second kappa shape index (κ2) is 5.75. The molecule has 0 fully saturated rings. The lowest BCUT2D eigenvalue weighted by atomic mass is 10.2. The number of aromatic nitrogens is 1. The standard InChI is InChI=1S/C13H11ClN2O4/c1-8-6-15-20-12(8)13(19)16(7-11(17)18)10-4-2-9(14)3-5-10/h2-6H,7H2,1H3,(H,17,18). The molecule has 0 atom stereocenters. The van der Waals surface area contributed by atoms with E-state index in [1.807, 2.05) is 0 Å². The molecule has 2 aromatic rings. The molecular formula is C13H11ClN2O4. The summed E-state index contributed by atoms with van der Waals surface area (Å²) in [5, 5.41) is 13.0. The number of amides is 1. The molecule has 1 aromatic carbocycles. The van der Waals surface area contributed by atoms with Crippen LogP contribution in [0.2, 0.25) is 5.02 Å². The Morgan fingerprint density at radius 2 is 2.00 bits per heavy atom. The minimum atomic E-state index is -1.13. The van der Waals surface area contributed by atoms with Crippen molar-refractivity contribution in [2.45, 2.75) is 6.92 Å². The number of anilines is 1. The van der Waals surface area contributed by atoms with Crippen molar-refractivity contribution < 1.29 is 19.2 Å². The minimum absolute atomic E-state index is 0.0150. The quantitative estimate of drug-likeness (QED) is 0.936. The van der Waals surface area contributed by atoms with Crippen molar-refractivity contribution in [1.29, 1.82) is 0 Å². The van der Waals surface area contributed by atoms with E-state index in [2.05, 4.69) is 5.16 Å². The van der Waals surface area contributed by atoms with Crippen molar-refractivity contribution in [3.8, 4) is 0 Å². The highest BCUT2D eigenvalue weighted by Crippen LogP contribution is 2.21. The van der Waals surface area contributed by atoms with Crippen LogP contribution in [-0.4, -0.2) is 28.7 Å². The smallest absolute Gasteiger partial charge is 0.323 e. The summed E-state index contributed by atoms with van der Waals surface area (Å²) in [7, 11) is 0. The summed E-state index contributed by atoms with van der Waals surface area (Å²) in [5.41, 5.74) is 0.956. The second-order valence-electron chi connectivity index (χ2n) is 4.10. The largest absolute Gasteiger partial charge is 0.480 e. The Morgan fingerprint density at radius 1 is 1.35 bits per heavy atom. The Labute approximate surface area is 119 Å². The lowest BCUT2D eigenvalue weighted by molar-refractivity contribution is -0.135. The molecule has 0 aliphatic carbocycles. The van der Waals surface area contributed by atoms with Gasteiger partial charge in [-0.2, -0.15) is 0 Å². The fourth-order valence-corrected chi connectivity index (χ4v) is 1.78. The van der Waals surface area contributed by atoms with E-state index in [9.17, 15) is 9.59 Å². The van der Waals surface area contributed by atoms with Crippen molar-refractivity contribution in [2.75, 3.05) is 11.4 Å². The van der Waals surface area contributed by atoms with E-state index in [0.29, 0.717) is 16.3 Å². The van der Waals surface area contributed by atoms with Crippen LogP contribution in [0, 0.1) is 6.92 Å². The first-order chi connectivity index (χ1) is 9.49. The number of carbonyl (C=O) groups is 2. The summed E-state index contributed by atoms with van der Waals surface area (Å²) in [6, 6.07) is 6.28. The number of carboxylic acids is 1. The van der Waals surface area contributed by atoms with Crippen LogP contribution in [0.5, 0.6) is 0 Å². The molecule has 7 heteroatoms. The third-order valence-electron chi connectivity index (χ3n) is 2.62. The fourth-order valence-electron chi connectivity index (χ4n) is 1.66. The Hall–Kier alpha value is -2.34. The first kappa shape index (κ1) is 14.1. The van der Waals surface area contributed by atoms with Gasteiger partial charge in [0, 0.05) is 16.3 Å². The van der Waals surface area contributed by atoms with Crippen LogP contribution in [0.3, 0.4) is 0 Å². The van der Waals surface area contributed by atoms with Crippen molar-refractivity contribution in [3.63, 3.8) is 0 Å². The highest BCUT2D eigenvalue weighted by atomic mass is 35.5. The molecule has 2 rings (SSSR count). The van der Waals surface area contributed by atoms with Crippen LogP contribution in [0.4, 0.5) is 5.69 Å². The number of hydrogen-bond donors (Lipinski definition) is 1. The molecule has 0 unspecified atom stereocenters. The molecular weight excluding hydrogens is 284 g/mol. The third-order valence-corrected chi connectivity index (χ3v) is 2.87. The molecule has 0 saturated carbocycles. The third kappa shape index (κ3) is 2.97. The highest BCUT2D eigenvalue weighted by Gasteiger charge is 2.25. The molecule has 0 aliphatic heterocycles. The monoisotopic (exact) mass is 294 g/mol. The number of halogens is 1. The molecule has 0 radical (unpaired) electrons. The van der Waals surface area contributed by atoms with E-state index in [1.165, 1.54) is 6.20 Å². The number of aliphatic carboxylic acids is 1. The number of rotatable bonds is 4. The van der Waals surface area contributed by atoms with Gasteiger partial charge in [-0.15, -0.1) is 0 Å². The molecule has 1 N–H and O–H groups in total. The molecule has 20 heavy (non-hydrogen) atoms. The predicted molar refractivity (Wildman–Crippen MR) is 72.0 cm³/mol. The molecule has 0 saturated heterocycles. The Bertz CT molecular complexity index is 636. The Balaban J connectivity index is 2.37. The highest BCUT2D eigenvalue weighted by molar-refractivity contribution is 6.30. The van der Waals surface area contributed by atoms with Gasteiger partial charge in [-0.25, -0.2) is 0 Å². The van der Waals surface area contributed by atoms with E-state index < -0.39 is 18.4 Å². The summed E-state index contributed by atoms with van der Waals surface area (Å²) in [6.45, 7) is 1.17. The zero-order valence-electron chi connectivity index (χ0n) is 10.5. The Kier molecular flexibility index (Phi) is 4.05. The van der Waals surface area contributed by atoms with Crippen molar-refractivity contribution in [3.05, 3.63) is 46.8 Å². The van der Waals surface area contributed by atoms with Crippen LogP contribution in [-0.2, 0) is 4.79 Å². The van der Waals surface area contributed by atoms with Gasteiger partial charge in [0.2, 0.25) is 5.76 Å². The van der Waals surface area contributed by atoms with Gasteiger partial charge in [-0.1, -0.05) is 16.8 Å². The number of carbonyl (C=O) groups excluding carboxylic acids is 1. The molecule has 1 aromatic heterocycles. The van der Waals surface area contributed by atoms with E-state index >= 15 is 0 Å². The van der Waals surface area contributed by atoms with Gasteiger partial charge in [-0.05, 0) is 31.2 Å². The average Bonchev–Trinajstić information content (AvgIpc) is 2.82. The number of carboxylic acid groups (broad SMARTS) is 1. The summed E-state index contributed by atoms with van der Waals surface area (Å²) in [6.07, 6.45) is 1.40. The van der Waals surface area contributed by atoms with Gasteiger partial charge < -0.3 is 9.63 Å². The van der Waals surface area contributed by atoms with Crippen molar-refractivity contribution >= 4 is 29.2 Å². The van der Waals surface area contributed by atoms with E-state index in [-0.39, 0.29) is 5.76 Å². The summed E-state index contributed by atoms with van der Waals surface area (Å²) in [5.74, 6) is -1.68. The normalized spacial score (nSPS) is 10.3. The zero-order chi connectivity index (χ0) is 14.7. The van der Waals surface area contributed by atoms with Crippen LogP contribution >= 0.6 is 11.6 Å². The maximum atomic E-state index is 12.3. The van der Waals surface area contributed by atoms with Crippen LogP contribution in [0.15, 0.2) is 35.0 Å². The molecule has 6 nitrogen and oxygen atoms in total. The number of nitrogens with zero attached hydrogens (tertiary/aromatic N) is 2. The number of hydrogen-bond acceptors (Lipinski definition) is 4. The van der Waals surface area contributed by atoms with Crippen molar-refractivity contribution in [1.82, 2.24) is 5.16 Å². The van der Waals surface area contributed by atoms with Crippen LogP contribution in [0.25, 0.3) is 0 Å². The topological polar surface area (TPSA) is 83.6 Å². The van der Waals surface area contributed by atoms with Crippen LogP contribution < -0.4 is 4.90 Å². The zero-order valence-corrected chi connectivity index (χ0v) is 11.3. The maximum absolute atomic E-state index is 12.3. The average molecular weight is 295 g/mol. The maximum Gasteiger partial charge on any atom is 0.323 e. The number of benzene rings is 1. The van der Waals surface area contributed by atoms with Gasteiger partial charge in [0.15, 0.2) is 0 Å². The molecule has 1 amide bonds. The van der Waals surface area contributed by atoms with Gasteiger partial charge in [0.05, 0.1) is 6.20 Å². The van der Waals surface area contributed by atoms with Gasteiger partial charge in [0.1, 0.15) is 6.54 Å². The molecule has 104 valence electrons. The van der Waals surface area contributed by atoms with E-state index in [1.54, 1.807) is 31.2 Å². The fraction of sp³-hybridized carbons (Fsp3) is 0.154. The lowest BCUT2D eigenvalue weighted by Crippen LogP contribution is -2.35. The molecule has 0 spiro atoms. The first-order valence-electron chi connectivity index (χ1n) is 5.69. The van der Waals surface area contributed by atoms with Gasteiger partial charge in [0.25, 0.3) is 5.91 Å². The SMILES string of the molecule is Cc1cnoc1C(=O)N(CC(=O)O)c1ccc(Cl)cc1. The second-order valence-corrected chi connectivity index (χ2v) is 4.54. The minimum Gasteiger partial charge on any atom is -0.480 e. The first-order valence-corrected chi connectivity index (χ1v) is 6.07. The Morgan fingerprint density at radius 3 is 2.50 bits per heavy atom. The summed E-state index contributed by atoms with van der Waals surface area (Å²) < 4.78 is 4.87. The van der Waals surface area contributed by atoms with Crippen LogP contribution in [0.1, 0.15) is 16.1 Å². The van der Waals surface area contributed by atoms with Gasteiger partial charge in [-0.3, -0.25) is 14.5 Å². The van der Waals surface area contributed by atoms with E-state index in [0.717, 1.165) is 4.90 Å². The summed E-state index contributed by atoms with van der Waals surface area (Å²) in [4.78, 5) is 24.4. The molecule has 0 aliphatic rings. The molecule has 1 heterocycles. The number of aryl methyl sites for hydroxylation is 1.